The molecule has 0 radical (unpaired) electrons. The van der Waals surface area contributed by atoms with Crippen LogP contribution in [0.15, 0.2) is 59.8 Å². The molecule has 0 bridgehead atoms. The number of nitro benzene ring substituents is 1. The molecule has 0 amide bonds. The molecule has 0 saturated carbocycles. The summed E-state index contributed by atoms with van der Waals surface area (Å²) in [5.74, 6) is -0.257. The molecule has 3 rings (SSSR count). The summed E-state index contributed by atoms with van der Waals surface area (Å²) < 4.78 is 5.33. The molecular formula is C19H13ClN2O5. The molecule has 3 aromatic rings. The Balaban J connectivity index is 1.85. The van der Waals surface area contributed by atoms with Crippen molar-refractivity contribution in [1.29, 1.82) is 0 Å². The van der Waals surface area contributed by atoms with Crippen molar-refractivity contribution in [3.63, 3.8) is 0 Å². The van der Waals surface area contributed by atoms with E-state index in [0.717, 1.165) is 16.8 Å². The van der Waals surface area contributed by atoms with Crippen molar-refractivity contribution in [2.75, 3.05) is 7.11 Å². The van der Waals surface area contributed by atoms with Gasteiger partial charge in [-0.15, -0.1) is 0 Å². The molecule has 0 fully saturated rings. The first-order valence-corrected chi connectivity index (χ1v) is 8.13. The molecule has 3 aromatic carbocycles. The number of nitrogens with zero attached hydrogens (tertiary/aromatic N) is 2. The number of nitro groups is 1. The molecule has 0 spiro atoms. The second kappa shape index (κ2) is 7.84. The van der Waals surface area contributed by atoms with Gasteiger partial charge >= 0.3 is 5.97 Å². The highest BCUT2D eigenvalue weighted by Crippen LogP contribution is 2.27. The Morgan fingerprint density at radius 3 is 2.67 bits per heavy atom. The minimum atomic E-state index is -0.828. The average molecular weight is 385 g/mol. The van der Waals surface area contributed by atoms with E-state index in [4.69, 9.17) is 21.2 Å². The Hall–Kier alpha value is -3.45. The summed E-state index contributed by atoms with van der Waals surface area (Å²) in [6.07, 6.45) is 1.37. The molecule has 0 aliphatic rings. The van der Waals surface area contributed by atoms with Gasteiger partial charge in [0.25, 0.3) is 5.69 Å². The zero-order chi connectivity index (χ0) is 19.4. The number of benzene rings is 3. The quantitative estimate of drug-likeness (QED) is 0.277. The Labute approximate surface area is 158 Å². The van der Waals surface area contributed by atoms with E-state index >= 15 is 0 Å². The van der Waals surface area contributed by atoms with Crippen molar-refractivity contribution in [1.82, 2.24) is 0 Å². The number of hydrogen-bond acceptors (Lipinski definition) is 6. The molecule has 8 heteroatoms. The van der Waals surface area contributed by atoms with E-state index in [9.17, 15) is 14.9 Å². The molecule has 0 aliphatic heterocycles. The van der Waals surface area contributed by atoms with Crippen molar-refractivity contribution < 1.29 is 19.3 Å². The molecule has 0 aliphatic carbocycles. The summed E-state index contributed by atoms with van der Waals surface area (Å²) in [6.45, 7) is 0. The maximum atomic E-state index is 12.1. The van der Waals surface area contributed by atoms with Crippen LogP contribution in [0.4, 0.5) is 5.69 Å². The number of methoxy groups -OCH3 is 1. The van der Waals surface area contributed by atoms with E-state index in [1.54, 1.807) is 6.07 Å². The number of non-ortho nitro benzene ring substituents is 1. The van der Waals surface area contributed by atoms with Crippen LogP contribution in [-0.2, 0) is 4.84 Å². The van der Waals surface area contributed by atoms with E-state index < -0.39 is 10.9 Å². The van der Waals surface area contributed by atoms with Crippen LogP contribution in [0.2, 0.25) is 5.02 Å². The highest BCUT2D eigenvalue weighted by atomic mass is 35.5. The van der Waals surface area contributed by atoms with Gasteiger partial charge in [0.2, 0.25) is 0 Å². The van der Waals surface area contributed by atoms with Crippen molar-refractivity contribution >= 4 is 40.2 Å². The fourth-order valence-corrected chi connectivity index (χ4v) is 2.80. The van der Waals surface area contributed by atoms with Gasteiger partial charge in [0.05, 0.1) is 28.8 Å². The van der Waals surface area contributed by atoms with Crippen LogP contribution >= 0.6 is 11.6 Å². The molecule has 0 atom stereocenters. The average Bonchev–Trinajstić information content (AvgIpc) is 2.67. The van der Waals surface area contributed by atoms with Crippen LogP contribution in [0.5, 0.6) is 5.75 Å². The van der Waals surface area contributed by atoms with Gasteiger partial charge in [-0.2, -0.15) is 0 Å². The predicted octanol–water partition coefficient (Wildman–Crippen LogP) is 4.60. The monoisotopic (exact) mass is 384 g/mol. The third kappa shape index (κ3) is 3.88. The molecule has 0 N–H and O–H groups in total. The van der Waals surface area contributed by atoms with E-state index in [1.165, 1.54) is 25.5 Å². The summed E-state index contributed by atoms with van der Waals surface area (Å²) >= 11 is 5.91. The molecule has 0 heterocycles. The zero-order valence-electron chi connectivity index (χ0n) is 14.1. The van der Waals surface area contributed by atoms with E-state index in [1.807, 2.05) is 30.3 Å². The summed E-state index contributed by atoms with van der Waals surface area (Å²) in [4.78, 5) is 27.1. The summed E-state index contributed by atoms with van der Waals surface area (Å²) in [6, 6.07) is 14.8. The Morgan fingerprint density at radius 2 is 1.96 bits per heavy atom. The molecular weight excluding hydrogens is 372 g/mol. The lowest BCUT2D eigenvalue weighted by Gasteiger charge is -2.08. The number of hydrogen-bond donors (Lipinski definition) is 0. The van der Waals surface area contributed by atoms with E-state index in [2.05, 4.69) is 5.16 Å². The molecule has 27 heavy (non-hydrogen) atoms. The number of rotatable bonds is 5. The Morgan fingerprint density at radius 1 is 1.19 bits per heavy atom. The van der Waals surface area contributed by atoms with Crippen molar-refractivity contribution in [3.8, 4) is 5.75 Å². The van der Waals surface area contributed by atoms with Crippen LogP contribution in [0.3, 0.4) is 0 Å². The van der Waals surface area contributed by atoms with Crippen LogP contribution < -0.4 is 4.74 Å². The Bertz CT molecular complexity index is 1070. The first kappa shape index (κ1) is 18.3. The number of halogens is 1. The minimum Gasteiger partial charge on any atom is -0.496 e. The van der Waals surface area contributed by atoms with Crippen molar-refractivity contribution in [2.45, 2.75) is 0 Å². The lowest BCUT2D eigenvalue weighted by atomic mass is 10.0. The first-order chi connectivity index (χ1) is 13.0. The normalized spacial score (nSPS) is 10.9. The third-order valence-electron chi connectivity index (χ3n) is 3.85. The smallest absolute Gasteiger partial charge is 0.367 e. The van der Waals surface area contributed by atoms with Gasteiger partial charge in [-0.05, 0) is 22.9 Å². The van der Waals surface area contributed by atoms with Crippen LogP contribution in [0.25, 0.3) is 10.8 Å². The number of ether oxygens (including phenoxy) is 1. The highest BCUT2D eigenvalue weighted by molar-refractivity contribution is 6.33. The van der Waals surface area contributed by atoms with E-state index in [0.29, 0.717) is 11.3 Å². The lowest BCUT2D eigenvalue weighted by molar-refractivity contribution is -0.384. The topological polar surface area (TPSA) is 91.0 Å². The molecule has 0 aromatic heterocycles. The summed E-state index contributed by atoms with van der Waals surface area (Å²) in [7, 11) is 1.53. The van der Waals surface area contributed by atoms with Gasteiger partial charge < -0.3 is 9.57 Å². The van der Waals surface area contributed by atoms with Crippen LogP contribution in [0.1, 0.15) is 15.9 Å². The zero-order valence-corrected chi connectivity index (χ0v) is 14.8. The van der Waals surface area contributed by atoms with Gasteiger partial charge in [0, 0.05) is 17.7 Å². The molecule has 136 valence electrons. The number of carbonyl (C=O) groups excluding carboxylic acids is 1. The number of carbonyl (C=O) groups is 1. The van der Waals surface area contributed by atoms with Crippen molar-refractivity contribution in [3.05, 3.63) is 80.9 Å². The lowest BCUT2D eigenvalue weighted by Crippen LogP contribution is -2.03. The number of oxime groups is 1. The van der Waals surface area contributed by atoms with Gasteiger partial charge in [-0.3, -0.25) is 10.1 Å². The summed E-state index contributed by atoms with van der Waals surface area (Å²) in [5.41, 5.74) is 0.406. The highest BCUT2D eigenvalue weighted by Gasteiger charge is 2.16. The largest absolute Gasteiger partial charge is 0.496 e. The molecule has 0 saturated heterocycles. The standard InChI is InChI=1S/C19H13ClN2O5/c1-26-18-9-6-12-4-2-3-5-14(12)16(18)11-21-27-19(23)15-8-7-13(22(24)25)10-17(15)20/h2-11H,1H3. The van der Waals surface area contributed by atoms with Gasteiger partial charge in [-0.25, -0.2) is 4.79 Å². The van der Waals surface area contributed by atoms with Gasteiger partial charge in [-0.1, -0.05) is 47.1 Å². The fraction of sp³-hybridized carbons (Fsp3) is 0.0526. The van der Waals surface area contributed by atoms with Gasteiger partial charge in [0.1, 0.15) is 5.75 Å². The van der Waals surface area contributed by atoms with Gasteiger partial charge in [0.15, 0.2) is 0 Å². The van der Waals surface area contributed by atoms with Crippen molar-refractivity contribution in [2.24, 2.45) is 5.16 Å². The SMILES string of the molecule is COc1ccc2ccccc2c1C=NOC(=O)c1ccc([N+](=O)[O-])cc1Cl. The molecule has 0 unspecified atom stereocenters. The second-order valence-electron chi connectivity index (χ2n) is 5.44. The second-order valence-corrected chi connectivity index (χ2v) is 5.84. The maximum absolute atomic E-state index is 12.1. The Kier molecular flexibility index (Phi) is 5.33. The first-order valence-electron chi connectivity index (χ1n) is 7.75. The van der Waals surface area contributed by atoms with Crippen LogP contribution in [0, 0.1) is 10.1 Å². The number of fused-ring (bicyclic) bond motifs is 1. The maximum Gasteiger partial charge on any atom is 0.367 e. The fourth-order valence-electron chi connectivity index (χ4n) is 2.55. The van der Waals surface area contributed by atoms with Crippen LogP contribution in [-0.4, -0.2) is 24.2 Å². The third-order valence-corrected chi connectivity index (χ3v) is 4.16. The predicted molar refractivity (Wildman–Crippen MR) is 102 cm³/mol. The summed E-state index contributed by atoms with van der Waals surface area (Å²) in [5, 5.41) is 16.2. The minimum absolute atomic E-state index is 0.0238. The van der Waals surface area contributed by atoms with E-state index in [-0.39, 0.29) is 16.3 Å². The molecule has 7 nitrogen and oxygen atoms in total.